The molecule has 1 aliphatic heterocycles. The van der Waals surface area contributed by atoms with Crippen molar-refractivity contribution in [2.24, 2.45) is 0 Å². The van der Waals surface area contributed by atoms with Crippen molar-refractivity contribution >= 4 is 27.5 Å². The van der Waals surface area contributed by atoms with E-state index in [0.29, 0.717) is 6.54 Å². The normalized spacial score (nSPS) is 16.4. The third kappa shape index (κ3) is 3.73. The lowest BCUT2D eigenvalue weighted by molar-refractivity contribution is -0.127. The van der Waals surface area contributed by atoms with Crippen molar-refractivity contribution in [3.8, 4) is 0 Å². The van der Waals surface area contributed by atoms with Gasteiger partial charge in [0.25, 0.3) is 0 Å². The quantitative estimate of drug-likeness (QED) is 0.913. The molecule has 1 aromatic carbocycles. The van der Waals surface area contributed by atoms with Crippen LogP contribution in [0.3, 0.4) is 0 Å². The molecule has 110 valence electrons. The van der Waals surface area contributed by atoms with Crippen molar-refractivity contribution in [3.63, 3.8) is 0 Å². The molecule has 0 atom stereocenters. The molecule has 0 aliphatic carbocycles. The van der Waals surface area contributed by atoms with Gasteiger partial charge in [-0.15, -0.1) is 0 Å². The van der Waals surface area contributed by atoms with Crippen LogP contribution >= 0.6 is 15.9 Å². The molecule has 20 heavy (non-hydrogen) atoms. The molecular weight excluding hydrogens is 318 g/mol. The van der Waals surface area contributed by atoms with Gasteiger partial charge in [-0.25, -0.2) is 0 Å². The fourth-order valence-electron chi connectivity index (χ4n) is 2.38. The van der Waals surface area contributed by atoms with Gasteiger partial charge in [0.2, 0.25) is 5.91 Å². The Kier molecular flexibility index (Phi) is 5.43. The van der Waals surface area contributed by atoms with Crippen LogP contribution in [0.25, 0.3) is 0 Å². The predicted molar refractivity (Wildman–Crippen MR) is 86.0 cm³/mol. The molecule has 4 nitrogen and oxygen atoms in total. The van der Waals surface area contributed by atoms with E-state index in [9.17, 15) is 4.79 Å². The predicted octanol–water partition coefficient (Wildman–Crippen LogP) is 2.23. The Morgan fingerprint density at radius 2 is 2.15 bits per heavy atom. The first kappa shape index (κ1) is 15.3. The number of hydrogen-bond acceptors (Lipinski definition) is 3. The fraction of sp³-hybridized carbons (Fsp3) is 0.533. The van der Waals surface area contributed by atoms with Crippen LogP contribution in [0.15, 0.2) is 22.7 Å². The molecule has 0 unspecified atom stereocenters. The van der Waals surface area contributed by atoms with Gasteiger partial charge in [0, 0.05) is 31.2 Å². The van der Waals surface area contributed by atoms with Crippen molar-refractivity contribution in [1.29, 1.82) is 0 Å². The van der Waals surface area contributed by atoms with Crippen molar-refractivity contribution in [3.05, 3.63) is 28.2 Å². The Morgan fingerprint density at radius 1 is 1.35 bits per heavy atom. The van der Waals surface area contributed by atoms with Gasteiger partial charge in [-0.05, 0) is 46.6 Å². The van der Waals surface area contributed by atoms with E-state index in [2.05, 4.69) is 51.3 Å². The summed E-state index contributed by atoms with van der Waals surface area (Å²) in [7, 11) is 1.88. The van der Waals surface area contributed by atoms with Gasteiger partial charge >= 0.3 is 0 Å². The van der Waals surface area contributed by atoms with Crippen LogP contribution in [0, 0.1) is 0 Å². The number of nitrogens with zero attached hydrogens (tertiary/aromatic N) is 2. The number of rotatable bonds is 4. The van der Waals surface area contributed by atoms with E-state index in [4.69, 9.17) is 0 Å². The number of nitrogens with one attached hydrogen (secondary N) is 1. The highest BCUT2D eigenvalue weighted by Crippen LogP contribution is 2.28. The molecule has 1 N–H and O–H groups in total. The highest BCUT2D eigenvalue weighted by molar-refractivity contribution is 9.10. The molecule has 0 radical (unpaired) electrons. The van der Waals surface area contributed by atoms with E-state index >= 15 is 0 Å². The number of hydrogen-bond donors (Lipinski definition) is 1. The highest BCUT2D eigenvalue weighted by atomic mass is 79.9. The molecule has 1 saturated heterocycles. The Bertz CT molecular complexity index is 478. The van der Waals surface area contributed by atoms with E-state index in [1.54, 1.807) is 0 Å². The summed E-state index contributed by atoms with van der Waals surface area (Å²) in [6, 6.07) is 6.37. The summed E-state index contributed by atoms with van der Waals surface area (Å²) in [5.74, 6) is 0.186. The first-order valence-electron chi connectivity index (χ1n) is 7.10. The van der Waals surface area contributed by atoms with Gasteiger partial charge in [0.05, 0.1) is 12.2 Å². The number of carbonyl (C=O) groups is 1. The number of halogens is 1. The van der Waals surface area contributed by atoms with Gasteiger partial charge in [0.1, 0.15) is 0 Å². The second kappa shape index (κ2) is 7.09. The van der Waals surface area contributed by atoms with Gasteiger partial charge < -0.3 is 15.1 Å². The number of benzene rings is 1. The second-order valence-corrected chi connectivity index (χ2v) is 6.01. The SMILES string of the molecule is CCNCc1ccc(N2CCCN(C)C(=O)C2)c(Br)c1. The first-order valence-corrected chi connectivity index (χ1v) is 7.89. The van der Waals surface area contributed by atoms with Crippen LogP contribution in [0.2, 0.25) is 0 Å². The van der Waals surface area contributed by atoms with E-state index in [1.165, 1.54) is 5.56 Å². The standard InChI is InChI=1S/C15H22BrN3O/c1-3-17-10-12-5-6-14(13(16)9-12)19-8-4-7-18(2)15(20)11-19/h5-6,9,17H,3-4,7-8,10-11H2,1-2H3. The molecule has 1 aromatic rings. The topological polar surface area (TPSA) is 35.6 Å². The first-order chi connectivity index (χ1) is 9.61. The molecule has 0 saturated carbocycles. The van der Waals surface area contributed by atoms with Crippen LogP contribution in [-0.4, -0.2) is 44.0 Å². The van der Waals surface area contributed by atoms with E-state index in [1.807, 2.05) is 11.9 Å². The van der Waals surface area contributed by atoms with Crippen LogP contribution in [-0.2, 0) is 11.3 Å². The van der Waals surface area contributed by atoms with Crippen LogP contribution < -0.4 is 10.2 Å². The molecule has 1 fully saturated rings. The Morgan fingerprint density at radius 3 is 2.85 bits per heavy atom. The van der Waals surface area contributed by atoms with E-state index in [-0.39, 0.29) is 5.91 Å². The van der Waals surface area contributed by atoms with Crippen molar-refractivity contribution < 1.29 is 4.79 Å². The summed E-state index contributed by atoms with van der Waals surface area (Å²) >= 11 is 3.64. The lowest BCUT2D eigenvalue weighted by Gasteiger charge is -2.23. The molecule has 2 rings (SSSR count). The minimum absolute atomic E-state index is 0.186. The zero-order chi connectivity index (χ0) is 14.5. The van der Waals surface area contributed by atoms with Crippen molar-refractivity contribution in [2.45, 2.75) is 19.9 Å². The van der Waals surface area contributed by atoms with Gasteiger partial charge in [0.15, 0.2) is 0 Å². The molecule has 0 aromatic heterocycles. The minimum Gasteiger partial charge on any atom is -0.361 e. The molecule has 1 heterocycles. The maximum Gasteiger partial charge on any atom is 0.241 e. The summed E-state index contributed by atoms with van der Waals surface area (Å²) in [6.45, 7) is 6.15. The smallest absolute Gasteiger partial charge is 0.241 e. The summed E-state index contributed by atoms with van der Waals surface area (Å²) in [6.07, 6.45) is 1.01. The summed E-state index contributed by atoms with van der Waals surface area (Å²) < 4.78 is 1.06. The van der Waals surface area contributed by atoms with E-state index in [0.717, 1.165) is 42.8 Å². The summed E-state index contributed by atoms with van der Waals surface area (Å²) in [4.78, 5) is 15.9. The third-order valence-corrected chi connectivity index (χ3v) is 4.24. The van der Waals surface area contributed by atoms with Crippen LogP contribution in [0.5, 0.6) is 0 Å². The molecule has 5 heteroatoms. The van der Waals surface area contributed by atoms with E-state index < -0.39 is 0 Å². The zero-order valence-electron chi connectivity index (χ0n) is 12.2. The van der Waals surface area contributed by atoms with Crippen molar-refractivity contribution in [1.82, 2.24) is 10.2 Å². The molecule has 0 spiro atoms. The second-order valence-electron chi connectivity index (χ2n) is 5.16. The summed E-state index contributed by atoms with van der Waals surface area (Å²) in [5.41, 5.74) is 2.36. The molecular formula is C15H22BrN3O. The molecule has 1 aliphatic rings. The van der Waals surface area contributed by atoms with Crippen molar-refractivity contribution in [2.75, 3.05) is 38.1 Å². The zero-order valence-corrected chi connectivity index (χ0v) is 13.7. The maximum absolute atomic E-state index is 12.0. The third-order valence-electron chi connectivity index (χ3n) is 3.61. The minimum atomic E-state index is 0.186. The number of carbonyl (C=O) groups excluding carboxylic acids is 1. The largest absolute Gasteiger partial charge is 0.361 e. The number of anilines is 1. The monoisotopic (exact) mass is 339 g/mol. The molecule has 1 amide bonds. The lowest BCUT2D eigenvalue weighted by atomic mass is 10.2. The van der Waals surface area contributed by atoms with Gasteiger partial charge in [-0.1, -0.05) is 13.0 Å². The average Bonchev–Trinajstić information content (AvgIpc) is 2.59. The number of likely N-dealkylation sites (N-methyl/N-ethyl adjacent to an activating group) is 1. The Labute approximate surface area is 129 Å². The molecule has 0 bridgehead atoms. The van der Waals surface area contributed by atoms with Gasteiger partial charge in [-0.2, -0.15) is 0 Å². The Balaban J connectivity index is 2.13. The van der Waals surface area contributed by atoms with Gasteiger partial charge in [-0.3, -0.25) is 4.79 Å². The lowest BCUT2D eigenvalue weighted by Crippen LogP contribution is -2.34. The Hall–Kier alpha value is -1.07. The average molecular weight is 340 g/mol. The summed E-state index contributed by atoms with van der Waals surface area (Å²) in [5, 5.41) is 3.32. The van der Waals surface area contributed by atoms with Crippen LogP contribution in [0.1, 0.15) is 18.9 Å². The number of amides is 1. The fourth-order valence-corrected chi connectivity index (χ4v) is 3.06. The van der Waals surface area contributed by atoms with Crippen LogP contribution in [0.4, 0.5) is 5.69 Å². The maximum atomic E-state index is 12.0. The highest BCUT2D eigenvalue weighted by Gasteiger charge is 2.20.